The first-order valence-corrected chi connectivity index (χ1v) is 14.7. The smallest absolute Gasteiger partial charge is 0.269 e. The molecule has 0 aliphatic rings. The lowest BCUT2D eigenvalue weighted by Crippen LogP contribution is -2.19. The molecule has 8 nitrogen and oxygen atoms in total. The SMILES string of the molecule is Cc1ccc(-c2nc(NC(=O)C(Sc3ccc(NC(=O)c4ccc([N+](=O)[O-])cc4)cc3)c3ccccc3)sc2C)cc1. The lowest BCUT2D eigenvalue weighted by molar-refractivity contribution is -0.384. The van der Waals surface area contributed by atoms with Gasteiger partial charge in [0.15, 0.2) is 5.13 Å². The van der Waals surface area contributed by atoms with Gasteiger partial charge in [0.25, 0.3) is 11.6 Å². The normalized spacial score (nSPS) is 11.5. The lowest BCUT2D eigenvalue weighted by atomic mass is 10.1. The number of hydrogen-bond donors (Lipinski definition) is 2. The quantitative estimate of drug-likeness (QED) is 0.101. The third-order valence-electron chi connectivity index (χ3n) is 6.40. The van der Waals surface area contributed by atoms with Gasteiger partial charge in [-0.15, -0.1) is 23.1 Å². The Morgan fingerprint density at radius 3 is 2.17 bits per heavy atom. The number of aryl methyl sites for hydroxylation is 2. The molecule has 0 saturated carbocycles. The maximum Gasteiger partial charge on any atom is 0.269 e. The van der Waals surface area contributed by atoms with Crippen molar-refractivity contribution in [1.29, 1.82) is 0 Å². The highest BCUT2D eigenvalue weighted by Crippen LogP contribution is 2.38. The van der Waals surface area contributed by atoms with E-state index in [-0.39, 0.29) is 17.5 Å². The number of non-ortho nitro benzene ring substituents is 1. The summed E-state index contributed by atoms with van der Waals surface area (Å²) in [6, 6.07) is 30.3. The van der Waals surface area contributed by atoms with Crippen LogP contribution in [-0.2, 0) is 4.79 Å². The summed E-state index contributed by atoms with van der Waals surface area (Å²) < 4.78 is 0. The van der Waals surface area contributed by atoms with Gasteiger partial charge in [0, 0.05) is 38.7 Å². The highest BCUT2D eigenvalue weighted by atomic mass is 32.2. The number of nitro benzene ring substituents is 1. The van der Waals surface area contributed by atoms with Crippen LogP contribution in [0.3, 0.4) is 0 Å². The van der Waals surface area contributed by atoms with Gasteiger partial charge in [0.2, 0.25) is 5.91 Å². The molecule has 0 bridgehead atoms. The molecule has 0 fully saturated rings. The number of thioether (sulfide) groups is 1. The zero-order chi connectivity index (χ0) is 29.6. The van der Waals surface area contributed by atoms with Crippen LogP contribution in [0.1, 0.15) is 31.6 Å². The van der Waals surface area contributed by atoms with Crippen molar-refractivity contribution in [3.05, 3.63) is 135 Å². The van der Waals surface area contributed by atoms with E-state index in [2.05, 4.69) is 10.6 Å². The maximum absolute atomic E-state index is 13.6. The van der Waals surface area contributed by atoms with Gasteiger partial charge in [-0.05, 0) is 55.8 Å². The number of anilines is 2. The van der Waals surface area contributed by atoms with Crippen LogP contribution >= 0.6 is 23.1 Å². The number of nitro groups is 1. The van der Waals surface area contributed by atoms with E-state index in [1.807, 2.05) is 80.6 Å². The van der Waals surface area contributed by atoms with Crippen LogP contribution in [0.15, 0.2) is 108 Å². The Kier molecular flexibility index (Phi) is 8.75. The molecule has 0 aliphatic heterocycles. The van der Waals surface area contributed by atoms with Crippen LogP contribution in [0.5, 0.6) is 0 Å². The number of thiazole rings is 1. The average molecular weight is 595 g/mol. The van der Waals surface area contributed by atoms with Crippen LogP contribution < -0.4 is 10.6 Å². The summed E-state index contributed by atoms with van der Waals surface area (Å²) in [5.41, 5.74) is 4.66. The van der Waals surface area contributed by atoms with E-state index in [9.17, 15) is 19.7 Å². The topological polar surface area (TPSA) is 114 Å². The highest BCUT2D eigenvalue weighted by molar-refractivity contribution is 8.00. The zero-order valence-corrected chi connectivity index (χ0v) is 24.4. The predicted molar refractivity (Wildman–Crippen MR) is 168 cm³/mol. The highest BCUT2D eigenvalue weighted by Gasteiger charge is 2.24. The maximum atomic E-state index is 13.6. The monoisotopic (exact) mass is 594 g/mol. The molecule has 5 aromatic rings. The lowest BCUT2D eigenvalue weighted by Gasteiger charge is -2.16. The molecule has 2 amide bonds. The number of hydrogen-bond acceptors (Lipinski definition) is 7. The fraction of sp³-hybridized carbons (Fsp3) is 0.0938. The van der Waals surface area contributed by atoms with Crippen molar-refractivity contribution in [3.63, 3.8) is 0 Å². The van der Waals surface area contributed by atoms with Crippen molar-refractivity contribution in [2.45, 2.75) is 24.0 Å². The molecular formula is C32H26N4O4S2. The number of carbonyl (C=O) groups is 2. The van der Waals surface area contributed by atoms with Gasteiger partial charge in [-0.25, -0.2) is 4.98 Å². The third-order valence-corrected chi connectivity index (χ3v) is 8.55. The Morgan fingerprint density at radius 2 is 1.52 bits per heavy atom. The van der Waals surface area contributed by atoms with Crippen LogP contribution in [0.4, 0.5) is 16.5 Å². The molecule has 0 saturated heterocycles. The van der Waals surface area contributed by atoms with Gasteiger partial charge in [0.05, 0.1) is 10.6 Å². The molecule has 10 heteroatoms. The number of nitrogens with zero attached hydrogens (tertiary/aromatic N) is 2. The molecular weight excluding hydrogens is 569 g/mol. The van der Waals surface area contributed by atoms with Crippen molar-refractivity contribution in [2.24, 2.45) is 0 Å². The molecule has 1 aromatic heterocycles. The number of benzene rings is 4. The summed E-state index contributed by atoms with van der Waals surface area (Å²) in [5.74, 6) is -0.568. The minimum atomic E-state index is -0.543. The molecule has 210 valence electrons. The molecule has 4 aromatic carbocycles. The molecule has 0 radical (unpaired) electrons. The van der Waals surface area contributed by atoms with Gasteiger partial charge in [-0.3, -0.25) is 19.7 Å². The second-order valence-corrected chi connectivity index (χ2v) is 11.9. The van der Waals surface area contributed by atoms with E-state index in [0.717, 1.165) is 26.6 Å². The Labute approximate surface area is 251 Å². The fourth-order valence-corrected chi connectivity index (χ4v) is 6.05. The average Bonchev–Trinajstić information content (AvgIpc) is 3.36. The van der Waals surface area contributed by atoms with Crippen LogP contribution in [0.2, 0.25) is 0 Å². The van der Waals surface area contributed by atoms with Crippen molar-refractivity contribution in [3.8, 4) is 11.3 Å². The van der Waals surface area contributed by atoms with Gasteiger partial charge >= 0.3 is 0 Å². The third kappa shape index (κ3) is 6.91. The first-order valence-electron chi connectivity index (χ1n) is 13.0. The first-order chi connectivity index (χ1) is 20.3. The van der Waals surface area contributed by atoms with Crippen molar-refractivity contribution in [1.82, 2.24) is 4.98 Å². The first kappa shape index (κ1) is 28.7. The predicted octanol–water partition coefficient (Wildman–Crippen LogP) is 8.06. The summed E-state index contributed by atoms with van der Waals surface area (Å²) in [6.07, 6.45) is 0. The molecule has 5 rings (SSSR count). The molecule has 1 heterocycles. The molecule has 1 atom stereocenters. The summed E-state index contributed by atoms with van der Waals surface area (Å²) in [6.45, 7) is 4.03. The number of carbonyl (C=O) groups excluding carboxylic acids is 2. The molecule has 2 N–H and O–H groups in total. The molecule has 0 aliphatic carbocycles. The number of aromatic nitrogens is 1. The fourth-order valence-electron chi connectivity index (χ4n) is 4.19. The van der Waals surface area contributed by atoms with Crippen LogP contribution in [0, 0.1) is 24.0 Å². The Morgan fingerprint density at radius 1 is 0.857 bits per heavy atom. The second-order valence-electron chi connectivity index (χ2n) is 9.47. The Bertz CT molecular complexity index is 1720. The summed E-state index contributed by atoms with van der Waals surface area (Å²) in [5, 5.41) is 16.7. The van der Waals surface area contributed by atoms with Crippen molar-refractivity contribution < 1.29 is 14.5 Å². The molecule has 0 spiro atoms. The second kappa shape index (κ2) is 12.8. The van der Waals surface area contributed by atoms with E-state index < -0.39 is 10.2 Å². The van der Waals surface area contributed by atoms with E-state index in [4.69, 9.17) is 4.98 Å². The Balaban J connectivity index is 1.29. The number of amides is 2. The minimum Gasteiger partial charge on any atom is -0.322 e. The van der Waals surface area contributed by atoms with Crippen molar-refractivity contribution in [2.75, 3.05) is 10.6 Å². The zero-order valence-electron chi connectivity index (χ0n) is 22.7. The number of nitrogens with one attached hydrogen (secondary N) is 2. The van der Waals surface area contributed by atoms with E-state index >= 15 is 0 Å². The summed E-state index contributed by atoms with van der Waals surface area (Å²) in [4.78, 5) is 43.1. The van der Waals surface area contributed by atoms with Gasteiger partial charge < -0.3 is 10.6 Å². The molecule has 42 heavy (non-hydrogen) atoms. The van der Waals surface area contributed by atoms with E-state index in [1.54, 1.807) is 12.1 Å². The van der Waals surface area contributed by atoms with Crippen LogP contribution in [0.25, 0.3) is 11.3 Å². The van der Waals surface area contributed by atoms with Gasteiger partial charge in [0.1, 0.15) is 5.25 Å². The summed E-state index contributed by atoms with van der Waals surface area (Å²) in [7, 11) is 0. The summed E-state index contributed by atoms with van der Waals surface area (Å²) >= 11 is 2.84. The number of rotatable bonds is 9. The van der Waals surface area contributed by atoms with Crippen LogP contribution in [-0.4, -0.2) is 21.7 Å². The van der Waals surface area contributed by atoms with Crippen molar-refractivity contribution >= 4 is 51.4 Å². The largest absolute Gasteiger partial charge is 0.322 e. The van der Waals surface area contributed by atoms with Gasteiger partial charge in [-0.1, -0.05) is 60.2 Å². The minimum absolute atomic E-state index is 0.0818. The Hall–Kier alpha value is -4.80. The van der Waals surface area contributed by atoms with Gasteiger partial charge in [-0.2, -0.15) is 0 Å². The van der Waals surface area contributed by atoms with E-state index in [0.29, 0.717) is 16.4 Å². The van der Waals surface area contributed by atoms with E-state index in [1.165, 1.54) is 52.9 Å². The standard InChI is InChI=1S/C32H26N4O4S2/c1-20-8-10-22(11-9-20)28-21(2)41-32(34-28)35-31(38)29(23-6-4-3-5-7-23)42-27-18-14-25(15-19-27)33-30(37)24-12-16-26(17-13-24)36(39)40/h3-19,29H,1-2H3,(H,33,37)(H,34,35,38). The molecule has 1 unspecified atom stereocenters.